The van der Waals surface area contributed by atoms with Crippen LogP contribution >= 0.6 is 0 Å². The molecule has 1 amide bonds. The Bertz CT molecular complexity index is 830. The fourth-order valence-corrected chi connectivity index (χ4v) is 2.97. The molecule has 2 aromatic rings. The van der Waals surface area contributed by atoms with E-state index in [9.17, 15) is 9.59 Å². The fraction of sp³-hybridized carbons (Fsp3) is 0.417. The van der Waals surface area contributed by atoms with Crippen molar-refractivity contribution in [1.29, 1.82) is 0 Å². The van der Waals surface area contributed by atoms with Gasteiger partial charge in [-0.2, -0.15) is 0 Å². The molecule has 2 rings (SSSR count). The smallest absolute Gasteiger partial charge is 0.306 e. The molecule has 0 spiro atoms. The number of hydrogen-bond donors (Lipinski definition) is 1. The maximum absolute atomic E-state index is 11.9. The first-order chi connectivity index (χ1) is 14.4. The lowest BCUT2D eigenvalue weighted by molar-refractivity contribution is -0.148. The Balaban J connectivity index is 1.66. The number of carbonyl (C=O) groups excluding carboxylic acids is 2. The van der Waals surface area contributed by atoms with Crippen LogP contribution < -0.4 is 14.8 Å². The van der Waals surface area contributed by atoms with E-state index in [0.717, 1.165) is 17.5 Å². The Hall–Kier alpha value is -3.02. The van der Waals surface area contributed by atoms with Gasteiger partial charge in [0.05, 0.1) is 14.2 Å². The average Bonchev–Trinajstić information content (AvgIpc) is 2.76. The molecule has 6 nitrogen and oxygen atoms in total. The second-order valence-corrected chi connectivity index (χ2v) is 7.35. The molecular weight excluding hydrogens is 382 g/mol. The van der Waals surface area contributed by atoms with Gasteiger partial charge in [0, 0.05) is 13.0 Å². The van der Waals surface area contributed by atoms with E-state index in [1.807, 2.05) is 12.1 Å². The molecular formula is C24H31NO5. The second kappa shape index (κ2) is 11.9. The number of methoxy groups -OCH3 is 2. The molecule has 1 N–H and O–H groups in total. The normalized spacial score (nSPS) is 10.6. The van der Waals surface area contributed by atoms with Crippen LogP contribution in [0.4, 0.5) is 0 Å². The minimum Gasteiger partial charge on any atom is -0.493 e. The summed E-state index contributed by atoms with van der Waals surface area (Å²) in [5.41, 5.74) is 3.38. The zero-order valence-corrected chi connectivity index (χ0v) is 18.2. The van der Waals surface area contributed by atoms with Gasteiger partial charge in [-0.05, 0) is 47.6 Å². The van der Waals surface area contributed by atoms with Crippen molar-refractivity contribution < 1.29 is 23.8 Å². The lowest BCUT2D eigenvalue weighted by Crippen LogP contribution is -2.30. The Kier molecular flexibility index (Phi) is 9.19. The van der Waals surface area contributed by atoms with E-state index in [2.05, 4.69) is 43.4 Å². The van der Waals surface area contributed by atoms with Crippen LogP contribution in [0.1, 0.15) is 42.9 Å². The largest absolute Gasteiger partial charge is 0.493 e. The molecule has 0 aliphatic rings. The van der Waals surface area contributed by atoms with Crippen LogP contribution in [0.2, 0.25) is 0 Å². The Morgan fingerprint density at radius 3 is 2.20 bits per heavy atom. The van der Waals surface area contributed by atoms with Gasteiger partial charge in [-0.25, -0.2) is 0 Å². The van der Waals surface area contributed by atoms with Gasteiger partial charge in [0.15, 0.2) is 18.1 Å². The molecule has 0 saturated carbocycles. The number of benzene rings is 2. The third kappa shape index (κ3) is 7.43. The molecule has 0 bridgehead atoms. The molecule has 0 radical (unpaired) electrons. The van der Waals surface area contributed by atoms with Crippen molar-refractivity contribution >= 4 is 11.9 Å². The number of hydrogen-bond acceptors (Lipinski definition) is 5. The Morgan fingerprint density at radius 2 is 1.57 bits per heavy atom. The number of esters is 1. The van der Waals surface area contributed by atoms with E-state index >= 15 is 0 Å². The van der Waals surface area contributed by atoms with Crippen LogP contribution in [0.5, 0.6) is 11.5 Å². The van der Waals surface area contributed by atoms with Gasteiger partial charge in [0.2, 0.25) is 0 Å². The van der Waals surface area contributed by atoms with E-state index in [0.29, 0.717) is 30.4 Å². The van der Waals surface area contributed by atoms with E-state index in [1.54, 1.807) is 20.3 Å². The minimum atomic E-state index is -0.413. The highest BCUT2D eigenvalue weighted by molar-refractivity contribution is 5.80. The van der Waals surface area contributed by atoms with Crippen molar-refractivity contribution in [2.24, 2.45) is 0 Å². The highest BCUT2D eigenvalue weighted by atomic mass is 16.5. The summed E-state index contributed by atoms with van der Waals surface area (Å²) in [6.45, 7) is 4.55. The van der Waals surface area contributed by atoms with E-state index in [-0.39, 0.29) is 18.9 Å². The van der Waals surface area contributed by atoms with Crippen molar-refractivity contribution in [2.75, 3.05) is 27.4 Å². The van der Waals surface area contributed by atoms with Gasteiger partial charge in [0.1, 0.15) is 0 Å². The van der Waals surface area contributed by atoms with Gasteiger partial charge in [-0.1, -0.05) is 44.2 Å². The first kappa shape index (κ1) is 23.3. The molecule has 0 heterocycles. The number of ether oxygens (including phenoxy) is 3. The zero-order chi connectivity index (χ0) is 21.9. The summed E-state index contributed by atoms with van der Waals surface area (Å²) < 4.78 is 15.5. The van der Waals surface area contributed by atoms with E-state index in [1.165, 1.54) is 5.56 Å². The molecule has 0 unspecified atom stereocenters. The lowest BCUT2D eigenvalue weighted by atomic mass is 10.0. The van der Waals surface area contributed by atoms with Gasteiger partial charge in [0.25, 0.3) is 5.91 Å². The minimum absolute atomic E-state index is 0.185. The topological polar surface area (TPSA) is 73.9 Å². The third-order valence-corrected chi connectivity index (χ3v) is 4.81. The standard InChI is InChI=1S/C24H31NO5/c1-17(2)20-9-5-18(6-10-20)13-14-25-23(26)16-30-24(27)12-8-19-7-11-21(28-3)22(15-19)29-4/h5-7,9-11,15,17H,8,12-14,16H2,1-4H3,(H,25,26). The van der Waals surface area contributed by atoms with Gasteiger partial charge < -0.3 is 19.5 Å². The molecule has 0 aliphatic heterocycles. The van der Waals surface area contributed by atoms with E-state index < -0.39 is 5.97 Å². The molecule has 0 aromatic heterocycles. The Labute approximate surface area is 178 Å². The molecule has 0 atom stereocenters. The van der Waals surface area contributed by atoms with Crippen LogP contribution in [-0.2, 0) is 27.2 Å². The first-order valence-electron chi connectivity index (χ1n) is 10.1. The van der Waals surface area contributed by atoms with Crippen molar-refractivity contribution in [3.05, 3.63) is 59.2 Å². The van der Waals surface area contributed by atoms with Crippen molar-refractivity contribution in [3.63, 3.8) is 0 Å². The predicted molar refractivity (Wildman–Crippen MR) is 116 cm³/mol. The SMILES string of the molecule is COc1ccc(CCC(=O)OCC(=O)NCCc2ccc(C(C)C)cc2)cc1OC. The molecule has 0 fully saturated rings. The number of rotatable bonds is 11. The number of nitrogens with one attached hydrogen (secondary N) is 1. The summed E-state index contributed by atoms with van der Waals surface area (Å²) in [6, 6.07) is 13.9. The van der Waals surface area contributed by atoms with Crippen LogP contribution in [0.3, 0.4) is 0 Å². The maximum Gasteiger partial charge on any atom is 0.306 e. The summed E-state index contributed by atoms with van der Waals surface area (Å²) in [5.74, 6) is 1.04. The fourth-order valence-electron chi connectivity index (χ4n) is 2.97. The first-order valence-corrected chi connectivity index (χ1v) is 10.1. The molecule has 2 aromatic carbocycles. The van der Waals surface area contributed by atoms with Gasteiger partial charge in [-0.3, -0.25) is 9.59 Å². The van der Waals surface area contributed by atoms with E-state index in [4.69, 9.17) is 14.2 Å². The molecule has 6 heteroatoms. The van der Waals surface area contributed by atoms with Crippen molar-refractivity contribution in [1.82, 2.24) is 5.32 Å². The molecule has 30 heavy (non-hydrogen) atoms. The summed E-state index contributed by atoms with van der Waals surface area (Å²) in [7, 11) is 3.14. The number of aryl methyl sites for hydroxylation is 1. The predicted octanol–water partition coefficient (Wildman–Crippen LogP) is 3.66. The van der Waals surface area contributed by atoms with Crippen LogP contribution in [0.25, 0.3) is 0 Å². The zero-order valence-electron chi connectivity index (χ0n) is 18.2. The van der Waals surface area contributed by atoms with Gasteiger partial charge in [-0.15, -0.1) is 0 Å². The molecule has 0 saturated heterocycles. The number of amides is 1. The van der Waals surface area contributed by atoms with Crippen molar-refractivity contribution in [2.45, 2.75) is 39.0 Å². The summed E-state index contributed by atoms with van der Waals surface area (Å²) in [5, 5.41) is 2.78. The number of carbonyl (C=O) groups is 2. The second-order valence-electron chi connectivity index (χ2n) is 7.35. The highest BCUT2D eigenvalue weighted by Gasteiger charge is 2.10. The average molecular weight is 414 g/mol. The monoisotopic (exact) mass is 413 g/mol. The molecule has 0 aliphatic carbocycles. The van der Waals surface area contributed by atoms with Gasteiger partial charge >= 0.3 is 5.97 Å². The van der Waals surface area contributed by atoms with Crippen LogP contribution in [-0.4, -0.2) is 39.2 Å². The quantitative estimate of drug-likeness (QED) is 0.569. The summed E-state index contributed by atoms with van der Waals surface area (Å²) in [4.78, 5) is 23.8. The lowest BCUT2D eigenvalue weighted by Gasteiger charge is -2.10. The van der Waals surface area contributed by atoms with Crippen LogP contribution in [0.15, 0.2) is 42.5 Å². The highest BCUT2D eigenvalue weighted by Crippen LogP contribution is 2.28. The summed E-state index contributed by atoms with van der Waals surface area (Å²) >= 11 is 0. The summed E-state index contributed by atoms with van der Waals surface area (Å²) in [6.07, 6.45) is 1.41. The van der Waals surface area contributed by atoms with Crippen LogP contribution in [0, 0.1) is 0 Å². The Morgan fingerprint density at radius 1 is 0.900 bits per heavy atom. The maximum atomic E-state index is 11.9. The van der Waals surface area contributed by atoms with Crippen molar-refractivity contribution in [3.8, 4) is 11.5 Å². The molecule has 162 valence electrons. The third-order valence-electron chi connectivity index (χ3n) is 4.81.